The molecule has 2 heterocycles. The summed E-state index contributed by atoms with van der Waals surface area (Å²) in [6, 6.07) is 3.93. The van der Waals surface area contributed by atoms with Gasteiger partial charge in [-0.15, -0.1) is 6.58 Å². The summed E-state index contributed by atoms with van der Waals surface area (Å²) in [5, 5.41) is 3.63. The van der Waals surface area contributed by atoms with Crippen LogP contribution in [-0.4, -0.2) is 78.5 Å². The minimum atomic E-state index is -0.756. The lowest BCUT2D eigenvalue weighted by Crippen LogP contribution is -2.51. The van der Waals surface area contributed by atoms with E-state index in [4.69, 9.17) is 27.9 Å². The van der Waals surface area contributed by atoms with Crippen molar-refractivity contribution in [2.45, 2.75) is 39.7 Å². The highest BCUT2D eigenvalue weighted by Gasteiger charge is 2.38. The molecule has 3 amide bonds. The van der Waals surface area contributed by atoms with Crippen LogP contribution in [0.15, 0.2) is 42.1 Å². The minimum absolute atomic E-state index is 0.160. The summed E-state index contributed by atoms with van der Waals surface area (Å²) in [4.78, 5) is 44.9. The van der Waals surface area contributed by atoms with Crippen molar-refractivity contribution in [3.8, 4) is 0 Å². The third-order valence-corrected chi connectivity index (χ3v) is 7.16. The van der Waals surface area contributed by atoms with Crippen molar-refractivity contribution in [1.82, 2.24) is 20.0 Å². The first kappa shape index (κ1) is 29.0. The molecule has 8 nitrogen and oxygen atoms in total. The highest BCUT2D eigenvalue weighted by molar-refractivity contribution is 6.42. The molecule has 0 radical (unpaired) electrons. The normalized spacial score (nSPS) is 19.1. The largest absolute Gasteiger partial charge is 0.463 e. The number of rotatable bonds is 9. The predicted molar refractivity (Wildman–Crippen MR) is 145 cm³/mol. The van der Waals surface area contributed by atoms with Crippen LogP contribution in [0.5, 0.6) is 0 Å². The number of carbonyl (C=O) groups excluding carboxylic acids is 3. The molecule has 1 fully saturated rings. The van der Waals surface area contributed by atoms with E-state index in [2.05, 4.69) is 16.8 Å². The zero-order chi connectivity index (χ0) is 27.1. The van der Waals surface area contributed by atoms with Gasteiger partial charge in [-0.25, -0.2) is 9.59 Å². The summed E-state index contributed by atoms with van der Waals surface area (Å²) in [6.07, 6.45) is 2.95. The summed E-state index contributed by atoms with van der Waals surface area (Å²) in [5.41, 5.74) is 1.53. The number of benzene rings is 1. The fourth-order valence-electron chi connectivity index (χ4n) is 4.66. The quantitative estimate of drug-likeness (QED) is 0.357. The molecular weight excluding hydrogens is 515 g/mol. The summed E-state index contributed by atoms with van der Waals surface area (Å²) in [6.45, 7) is 13.0. The van der Waals surface area contributed by atoms with Crippen molar-refractivity contribution in [2.75, 3.05) is 45.9 Å². The van der Waals surface area contributed by atoms with Crippen LogP contribution in [-0.2, 0) is 14.3 Å². The number of hydrogen-bond donors (Lipinski definition) is 1. The van der Waals surface area contributed by atoms with Crippen molar-refractivity contribution >= 4 is 41.1 Å². The molecular formula is C27H36Cl2N4O4. The van der Waals surface area contributed by atoms with Gasteiger partial charge in [-0.1, -0.05) is 49.2 Å². The molecule has 202 valence electrons. The van der Waals surface area contributed by atoms with Crippen LogP contribution in [0.1, 0.15) is 45.2 Å². The monoisotopic (exact) mass is 550 g/mol. The summed E-state index contributed by atoms with van der Waals surface area (Å²) < 4.78 is 5.45. The smallest absolute Gasteiger partial charge is 0.338 e. The van der Waals surface area contributed by atoms with Crippen molar-refractivity contribution in [1.29, 1.82) is 0 Å². The Hall–Kier alpha value is -2.55. The average Bonchev–Trinajstić information content (AvgIpc) is 3.08. The van der Waals surface area contributed by atoms with E-state index in [1.807, 2.05) is 18.7 Å². The number of carbonyl (C=O) groups is 3. The minimum Gasteiger partial charge on any atom is -0.463 e. The Labute approximate surface area is 229 Å². The molecule has 1 aromatic carbocycles. The molecule has 10 heteroatoms. The van der Waals surface area contributed by atoms with E-state index in [0.717, 1.165) is 13.0 Å². The lowest BCUT2D eigenvalue weighted by molar-refractivity contribution is -0.139. The first-order valence-electron chi connectivity index (χ1n) is 12.7. The van der Waals surface area contributed by atoms with Crippen molar-refractivity contribution in [2.24, 2.45) is 5.92 Å². The Morgan fingerprint density at radius 2 is 1.95 bits per heavy atom. The highest BCUT2D eigenvalue weighted by Crippen LogP contribution is 2.35. The highest BCUT2D eigenvalue weighted by atomic mass is 35.5. The number of nitrogens with one attached hydrogen (secondary N) is 1. The number of halogens is 2. The molecule has 0 bridgehead atoms. The number of nitrogens with zero attached hydrogens (tertiary/aromatic N) is 3. The van der Waals surface area contributed by atoms with Gasteiger partial charge < -0.3 is 15.0 Å². The van der Waals surface area contributed by atoms with E-state index in [-0.39, 0.29) is 25.1 Å². The van der Waals surface area contributed by atoms with Gasteiger partial charge in [0.25, 0.3) is 0 Å². The van der Waals surface area contributed by atoms with Crippen LogP contribution in [0.3, 0.4) is 0 Å². The second-order valence-electron chi connectivity index (χ2n) is 9.64. The van der Waals surface area contributed by atoms with Crippen LogP contribution in [0.25, 0.3) is 0 Å². The van der Waals surface area contributed by atoms with Crippen LogP contribution in [0.4, 0.5) is 4.79 Å². The van der Waals surface area contributed by atoms with Gasteiger partial charge in [0.15, 0.2) is 0 Å². The zero-order valence-corrected chi connectivity index (χ0v) is 23.3. The maximum Gasteiger partial charge on any atom is 0.338 e. The number of hydrogen-bond acceptors (Lipinski definition) is 5. The molecule has 0 aliphatic carbocycles. The Morgan fingerprint density at radius 1 is 1.19 bits per heavy atom. The van der Waals surface area contributed by atoms with Gasteiger partial charge in [0.2, 0.25) is 5.91 Å². The third kappa shape index (κ3) is 7.27. The molecule has 3 rings (SSSR count). The predicted octanol–water partition coefficient (Wildman–Crippen LogP) is 4.64. The standard InChI is InChI=1S/C27H36Cl2N4O4/c1-5-10-33-22(17-31-11-7-12-32(14-13-31)23(34)15-18(3)4)24(26(35)37-6-2)25(30-27(33)36)19-8-9-20(28)21(29)16-19/h5,8-9,16,18,25H,1,6-7,10-15,17H2,2-4H3,(H,30,36). The molecule has 1 aromatic rings. The van der Waals surface area contributed by atoms with Crippen molar-refractivity contribution in [3.63, 3.8) is 0 Å². The molecule has 1 atom stereocenters. The Bertz CT molecular complexity index is 1060. The van der Waals surface area contributed by atoms with Crippen LogP contribution in [0.2, 0.25) is 10.0 Å². The summed E-state index contributed by atoms with van der Waals surface area (Å²) in [7, 11) is 0. The van der Waals surface area contributed by atoms with Crippen LogP contribution < -0.4 is 5.32 Å². The molecule has 37 heavy (non-hydrogen) atoms. The van der Waals surface area contributed by atoms with E-state index in [0.29, 0.717) is 65.4 Å². The lowest BCUT2D eigenvalue weighted by Gasteiger charge is -2.38. The van der Waals surface area contributed by atoms with Crippen molar-refractivity contribution < 1.29 is 19.1 Å². The topological polar surface area (TPSA) is 82.2 Å². The van der Waals surface area contributed by atoms with Crippen LogP contribution >= 0.6 is 23.2 Å². The SMILES string of the molecule is C=CCN1C(=O)NC(c2ccc(Cl)c(Cl)c2)C(C(=O)OCC)=C1CN1CCCN(C(=O)CC(C)C)CC1. The fourth-order valence-corrected chi connectivity index (χ4v) is 4.96. The molecule has 0 spiro atoms. The molecule has 1 N–H and O–H groups in total. The fraction of sp³-hybridized carbons (Fsp3) is 0.519. The van der Waals surface area contributed by atoms with Gasteiger partial charge >= 0.3 is 12.0 Å². The maximum atomic E-state index is 13.3. The summed E-state index contributed by atoms with van der Waals surface area (Å²) >= 11 is 12.4. The number of amides is 3. The van der Waals surface area contributed by atoms with E-state index < -0.39 is 12.0 Å². The van der Waals surface area contributed by atoms with Crippen molar-refractivity contribution in [3.05, 3.63) is 57.7 Å². The maximum absolute atomic E-state index is 13.3. The van der Waals surface area contributed by atoms with E-state index in [9.17, 15) is 14.4 Å². The van der Waals surface area contributed by atoms with Gasteiger partial charge in [-0.2, -0.15) is 0 Å². The molecule has 0 saturated carbocycles. The lowest BCUT2D eigenvalue weighted by atomic mass is 9.94. The van der Waals surface area contributed by atoms with Gasteiger partial charge in [0.05, 0.1) is 28.3 Å². The molecule has 2 aliphatic rings. The van der Waals surface area contributed by atoms with E-state index in [1.165, 1.54) is 4.90 Å². The molecule has 1 saturated heterocycles. The second kappa shape index (κ2) is 13.3. The van der Waals surface area contributed by atoms with Gasteiger partial charge in [0.1, 0.15) is 0 Å². The molecule has 1 unspecified atom stereocenters. The first-order chi connectivity index (χ1) is 17.7. The Balaban J connectivity index is 1.98. The third-order valence-electron chi connectivity index (χ3n) is 6.42. The average molecular weight is 552 g/mol. The number of ether oxygens (including phenoxy) is 1. The number of esters is 1. The first-order valence-corrected chi connectivity index (χ1v) is 13.5. The molecule has 0 aromatic heterocycles. The van der Waals surface area contributed by atoms with Gasteiger partial charge in [0, 0.05) is 51.4 Å². The zero-order valence-electron chi connectivity index (χ0n) is 21.8. The van der Waals surface area contributed by atoms with E-state index in [1.54, 1.807) is 31.2 Å². The Kier molecular flexibility index (Phi) is 10.4. The molecule has 2 aliphatic heterocycles. The summed E-state index contributed by atoms with van der Waals surface area (Å²) in [5.74, 6) is -0.0462. The Morgan fingerprint density at radius 3 is 2.59 bits per heavy atom. The van der Waals surface area contributed by atoms with Crippen LogP contribution in [0, 0.1) is 5.92 Å². The van der Waals surface area contributed by atoms with Gasteiger partial charge in [-0.05, 0) is 37.0 Å². The second-order valence-corrected chi connectivity index (χ2v) is 10.5. The van der Waals surface area contributed by atoms with E-state index >= 15 is 0 Å². The van der Waals surface area contributed by atoms with Gasteiger partial charge in [-0.3, -0.25) is 14.6 Å². The number of urea groups is 1.